The Morgan fingerprint density at radius 3 is 2.25 bits per heavy atom. The molecule has 3 unspecified atom stereocenters. The molecule has 0 spiro atoms. The zero-order chi connectivity index (χ0) is 14.8. The minimum Gasteiger partial charge on any atom is -0.398 e. The zero-order valence-corrected chi connectivity index (χ0v) is 15.3. The lowest BCUT2D eigenvalue weighted by Crippen LogP contribution is -2.53. The number of hydrogen-bond donors (Lipinski definition) is 0. The van der Waals surface area contributed by atoms with Crippen LogP contribution >= 0.6 is 0 Å². The van der Waals surface area contributed by atoms with Crippen molar-refractivity contribution in [1.82, 2.24) is 0 Å². The summed E-state index contributed by atoms with van der Waals surface area (Å²) in [7, 11) is 0.323. The van der Waals surface area contributed by atoms with Crippen LogP contribution < -0.4 is 0 Å². The lowest BCUT2D eigenvalue weighted by Gasteiger charge is -2.34. The Hall–Kier alpha value is 0.234. The molecule has 0 N–H and O–H groups in total. The lowest BCUT2D eigenvalue weighted by atomic mass is 9.88. The molecule has 0 aromatic rings. The molecule has 1 heterocycles. The van der Waals surface area contributed by atoms with Crippen molar-refractivity contribution in [2.24, 2.45) is 5.92 Å². The predicted molar refractivity (Wildman–Crippen MR) is 80.8 cm³/mol. The molecule has 0 bridgehead atoms. The Balaban J connectivity index is 1.87. The normalized spacial score (nSPS) is 30.1. The van der Waals surface area contributed by atoms with Gasteiger partial charge in [-0.2, -0.15) is 0 Å². The molecule has 0 radical (unpaired) electrons. The largest absolute Gasteiger partial charge is 0.491 e. The molecule has 1 saturated heterocycles. The molecule has 0 amide bonds. The highest BCUT2D eigenvalue weighted by molar-refractivity contribution is 6.76. The van der Waals surface area contributed by atoms with E-state index in [9.17, 15) is 0 Å². The van der Waals surface area contributed by atoms with Gasteiger partial charge in [0, 0.05) is 27.4 Å². The predicted octanol–water partition coefficient (Wildman–Crippen LogP) is 2.54. The van der Waals surface area contributed by atoms with Crippen LogP contribution in [0.2, 0.25) is 19.1 Å². The van der Waals surface area contributed by atoms with E-state index in [1.54, 1.807) is 21.3 Å². The first-order valence-electron chi connectivity index (χ1n) is 7.44. The van der Waals surface area contributed by atoms with Crippen LogP contribution in [0.3, 0.4) is 0 Å². The molecular formula is C13H28O5Si2. The van der Waals surface area contributed by atoms with E-state index in [2.05, 4.69) is 0 Å². The van der Waals surface area contributed by atoms with Crippen molar-refractivity contribution in [2.75, 3.05) is 21.3 Å². The Morgan fingerprint density at radius 1 is 1.00 bits per heavy atom. The molecule has 118 valence electrons. The molecule has 0 aromatic carbocycles. The van der Waals surface area contributed by atoms with Crippen molar-refractivity contribution >= 4 is 17.4 Å². The van der Waals surface area contributed by atoms with Crippen molar-refractivity contribution < 1.29 is 22.1 Å². The molecule has 1 aliphatic heterocycles. The van der Waals surface area contributed by atoms with Crippen molar-refractivity contribution in [1.29, 1.82) is 0 Å². The van der Waals surface area contributed by atoms with E-state index in [0.29, 0.717) is 18.1 Å². The SMILES string of the molecule is CO[Si](C)(C)O[Si](CCC1CCC2OC2C1)(OC)OC. The zero-order valence-electron chi connectivity index (χ0n) is 13.3. The molecule has 7 heteroatoms. The Morgan fingerprint density at radius 2 is 1.70 bits per heavy atom. The number of epoxide rings is 1. The molecule has 3 atom stereocenters. The van der Waals surface area contributed by atoms with Gasteiger partial charge in [0.15, 0.2) is 0 Å². The third-order valence-corrected chi connectivity index (χ3v) is 10.8. The first-order valence-corrected chi connectivity index (χ1v) is 12.2. The molecule has 20 heavy (non-hydrogen) atoms. The van der Waals surface area contributed by atoms with Crippen LogP contribution in [-0.2, 0) is 22.1 Å². The van der Waals surface area contributed by atoms with Crippen molar-refractivity contribution in [2.45, 2.75) is 57.0 Å². The topological polar surface area (TPSA) is 49.5 Å². The molecule has 1 saturated carbocycles. The monoisotopic (exact) mass is 320 g/mol. The Bertz CT molecular complexity index is 322. The second kappa shape index (κ2) is 6.55. The van der Waals surface area contributed by atoms with Crippen molar-refractivity contribution in [3.8, 4) is 0 Å². The molecule has 1 aliphatic carbocycles. The third-order valence-electron chi connectivity index (χ3n) is 4.49. The summed E-state index contributed by atoms with van der Waals surface area (Å²) in [4.78, 5) is 0. The fraction of sp³-hybridized carbons (Fsp3) is 1.00. The highest BCUT2D eigenvalue weighted by Gasteiger charge is 2.48. The van der Waals surface area contributed by atoms with Gasteiger partial charge in [-0.3, -0.25) is 0 Å². The maximum absolute atomic E-state index is 6.18. The highest BCUT2D eigenvalue weighted by atomic mass is 28.5. The fourth-order valence-corrected chi connectivity index (χ4v) is 8.71. The molecule has 2 aliphatic rings. The van der Waals surface area contributed by atoms with Gasteiger partial charge in [0.2, 0.25) is 0 Å². The average molecular weight is 321 g/mol. The van der Waals surface area contributed by atoms with E-state index >= 15 is 0 Å². The Labute approximate surface area is 124 Å². The summed E-state index contributed by atoms with van der Waals surface area (Å²) < 4.78 is 28.6. The summed E-state index contributed by atoms with van der Waals surface area (Å²) in [6.45, 7) is 4.05. The Kier molecular flexibility index (Phi) is 5.44. The van der Waals surface area contributed by atoms with Crippen LogP contribution in [0.5, 0.6) is 0 Å². The first kappa shape index (κ1) is 16.6. The van der Waals surface area contributed by atoms with E-state index in [1.165, 1.54) is 19.3 Å². The van der Waals surface area contributed by atoms with Crippen LogP contribution in [0.25, 0.3) is 0 Å². The second-order valence-corrected chi connectivity index (χ2v) is 12.9. The van der Waals surface area contributed by atoms with E-state index < -0.39 is 17.4 Å². The average Bonchev–Trinajstić information content (AvgIpc) is 3.22. The second-order valence-electron chi connectivity index (χ2n) is 6.23. The number of hydrogen-bond acceptors (Lipinski definition) is 5. The standard InChI is InChI=1S/C13H28O5Si2/c1-14-19(4,5)18-20(15-2,16-3)9-8-11-6-7-12-13(10-11)17-12/h11-13H,6-10H2,1-5H3. The van der Waals surface area contributed by atoms with Gasteiger partial charge in [0.25, 0.3) is 0 Å². The summed E-state index contributed by atoms with van der Waals surface area (Å²) in [6, 6.07) is 0.863. The van der Waals surface area contributed by atoms with Gasteiger partial charge in [-0.05, 0) is 44.7 Å². The smallest absolute Gasteiger partial charge is 0.398 e. The van der Waals surface area contributed by atoms with Gasteiger partial charge < -0.3 is 22.1 Å². The van der Waals surface area contributed by atoms with Gasteiger partial charge in [-0.15, -0.1) is 0 Å². The molecule has 2 fully saturated rings. The van der Waals surface area contributed by atoms with E-state index in [0.717, 1.165) is 12.5 Å². The number of rotatable bonds is 8. The van der Waals surface area contributed by atoms with Crippen LogP contribution in [0.1, 0.15) is 25.7 Å². The lowest BCUT2D eigenvalue weighted by molar-refractivity contribution is 0.134. The number of ether oxygens (including phenoxy) is 1. The van der Waals surface area contributed by atoms with Crippen LogP contribution in [-0.4, -0.2) is 50.9 Å². The van der Waals surface area contributed by atoms with Crippen molar-refractivity contribution in [3.05, 3.63) is 0 Å². The first-order chi connectivity index (χ1) is 9.43. The molecule has 5 nitrogen and oxygen atoms in total. The van der Waals surface area contributed by atoms with Gasteiger partial charge in [-0.25, -0.2) is 0 Å². The molecule has 0 aromatic heterocycles. The quantitative estimate of drug-likeness (QED) is 0.508. The van der Waals surface area contributed by atoms with Crippen LogP contribution in [0, 0.1) is 5.92 Å². The molecule has 2 rings (SSSR count). The van der Waals surface area contributed by atoms with E-state index in [1.807, 2.05) is 13.1 Å². The van der Waals surface area contributed by atoms with E-state index in [4.69, 9.17) is 22.1 Å². The van der Waals surface area contributed by atoms with Gasteiger partial charge >= 0.3 is 17.4 Å². The minimum absolute atomic E-state index is 0.528. The van der Waals surface area contributed by atoms with Crippen LogP contribution in [0.4, 0.5) is 0 Å². The molecular weight excluding hydrogens is 292 g/mol. The highest BCUT2D eigenvalue weighted by Crippen LogP contribution is 2.41. The summed E-state index contributed by atoms with van der Waals surface area (Å²) in [5, 5.41) is 0. The van der Waals surface area contributed by atoms with E-state index in [-0.39, 0.29) is 0 Å². The maximum Gasteiger partial charge on any atom is 0.491 e. The van der Waals surface area contributed by atoms with Gasteiger partial charge in [-0.1, -0.05) is 0 Å². The van der Waals surface area contributed by atoms with Crippen LogP contribution in [0.15, 0.2) is 0 Å². The van der Waals surface area contributed by atoms with Gasteiger partial charge in [0.1, 0.15) is 0 Å². The minimum atomic E-state index is -2.60. The summed E-state index contributed by atoms with van der Waals surface area (Å²) >= 11 is 0. The number of fused-ring (bicyclic) bond motifs is 1. The van der Waals surface area contributed by atoms with Crippen molar-refractivity contribution in [3.63, 3.8) is 0 Å². The summed E-state index contributed by atoms with van der Waals surface area (Å²) in [5.74, 6) is 0.715. The van der Waals surface area contributed by atoms with Gasteiger partial charge in [0.05, 0.1) is 12.2 Å². The third kappa shape index (κ3) is 4.12. The summed E-state index contributed by atoms with van der Waals surface area (Å²) in [5.41, 5.74) is 0. The maximum atomic E-state index is 6.18. The summed E-state index contributed by atoms with van der Waals surface area (Å²) in [6.07, 6.45) is 5.84. The fourth-order valence-electron chi connectivity index (χ4n) is 2.97.